The number of anilines is 1. The number of nitrogens with one attached hydrogen (secondary N) is 1. The van der Waals surface area contributed by atoms with Crippen LogP contribution in [0.3, 0.4) is 0 Å². The fraction of sp³-hybridized carbons (Fsp3) is 0.276. The molecular weight excluding hydrogens is 544 g/mol. The van der Waals surface area contributed by atoms with Crippen LogP contribution in [0, 0.1) is 11.3 Å². The van der Waals surface area contributed by atoms with E-state index >= 15 is 0 Å². The molecule has 2 aliphatic rings. The van der Waals surface area contributed by atoms with Crippen LogP contribution in [0.15, 0.2) is 81.6 Å². The van der Waals surface area contributed by atoms with E-state index in [1.165, 1.54) is 23.1 Å². The number of benzene rings is 2. The molecule has 0 radical (unpaired) electrons. The van der Waals surface area contributed by atoms with Crippen LogP contribution in [0.1, 0.15) is 36.3 Å². The molecule has 0 spiro atoms. The summed E-state index contributed by atoms with van der Waals surface area (Å²) in [6.45, 7) is 0.551. The SMILES string of the molecule is COc1ccccc1C1C(C#N)=C(N)N(c2nnc(SCC(=O)NCCc3ccccc3)s2)C2=C1C(=O)CCC2. The van der Waals surface area contributed by atoms with Crippen molar-refractivity contribution in [3.8, 4) is 11.8 Å². The number of aromatic nitrogens is 2. The summed E-state index contributed by atoms with van der Waals surface area (Å²) in [5, 5.41) is 22.2. The summed E-state index contributed by atoms with van der Waals surface area (Å²) in [5.74, 6) is 0.265. The lowest BCUT2D eigenvalue weighted by Crippen LogP contribution is -2.38. The van der Waals surface area contributed by atoms with Crippen molar-refractivity contribution in [3.05, 3.63) is 88.4 Å². The number of hydrogen-bond acceptors (Lipinski definition) is 10. The van der Waals surface area contributed by atoms with Crippen molar-refractivity contribution in [2.75, 3.05) is 24.3 Å². The van der Waals surface area contributed by atoms with Crippen LogP contribution in [0.25, 0.3) is 0 Å². The molecule has 0 bridgehead atoms. The van der Waals surface area contributed by atoms with E-state index < -0.39 is 5.92 Å². The molecule has 1 aromatic heterocycles. The summed E-state index contributed by atoms with van der Waals surface area (Å²) in [5.41, 5.74) is 10.1. The number of rotatable bonds is 9. The number of ether oxygens (including phenoxy) is 1. The minimum Gasteiger partial charge on any atom is -0.496 e. The predicted octanol–water partition coefficient (Wildman–Crippen LogP) is 4.30. The van der Waals surface area contributed by atoms with Gasteiger partial charge < -0.3 is 15.8 Å². The second-order valence-electron chi connectivity index (χ2n) is 9.28. The Balaban J connectivity index is 1.36. The molecule has 1 aliphatic heterocycles. The minimum atomic E-state index is -0.624. The molecule has 3 aromatic rings. The van der Waals surface area contributed by atoms with Gasteiger partial charge in [-0.1, -0.05) is 71.6 Å². The van der Waals surface area contributed by atoms with Gasteiger partial charge >= 0.3 is 0 Å². The quantitative estimate of drug-likeness (QED) is 0.360. The van der Waals surface area contributed by atoms with E-state index in [2.05, 4.69) is 21.6 Å². The Morgan fingerprint density at radius 2 is 1.98 bits per heavy atom. The van der Waals surface area contributed by atoms with Gasteiger partial charge in [0.15, 0.2) is 10.1 Å². The fourth-order valence-corrected chi connectivity index (χ4v) is 6.75. The molecule has 2 aromatic carbocycles. The van der Waals surface area contributed by atoms with E-state index in [9.17, 15) is 14.9 Å². The lowest BCUT2D eigenvalue weighted by Gasteiger charge is -2.38. The van der Waals surface area contributed by atoms with Crippen LogP contribution in [-0.4, -0.2) is 41.3 Å². The molecule has 1 unspecified atom stereocenters. The number of carbonyl (C=O) groups excluding carboxylic acids is 2. The van der Waals surface area contributed by atoms with Gasteiger partial charge in [0.2, 0.25) is 11.0 Å². The Morgan fingerprint density at radius 1 is 1.20 bits per heavy atom. The van der Waals surface area contributed by atoms with E-state index in [0.29, 0.717) is 46.6 Å². The van der Waals surface area contributed by atoms with Crippen molar-refractivity contribution in [2.24, 2.45) is 5.73 Å². The van der Waals surface area contributed by atoms with Crippen molar-refractivity contribution in [1.29, 1.82) is 5.26 Å². The number of ketones is 1. The molecule has 2 heterocycles. The van der Waals surface area contributed by atoms with Crippen LogP contribution >= 0.6 is 23.1 Å². The Labute approximate surface area is 240 Å². The van der Waals surface area contributed by atoms with E-state index in [1.54, 1.807) is 12.0 Å². The number of hydrogen-bond donors (Lipinski definition) is 2. The van der Waals surface area contributed by atoms with E-state index in [0.717, 1.165) is 23.2 Å². The van der Waals surface area contributed by atoms with Crippen LogP contribution in [0.2, 0.25) is 0 Å². The highest BCUT2D eigenvalue weighted by molar-refractivity contribution is 8.01. The highest BCUT2D eigenvalue weighted by Gasteiger charge is 2.42. The van der Waals surface area contributed by atoms with Gasteiger partial charge in [0, 0.05) is 29.8 Å². The molecule has 0 saturated carbocycles. The molecule has 3 N–H and O–H groups in total. The van der Waals surface area contributed by atoms with Gasteiger partial charge in [0.25, 0.3) is 0 Å². The number of amides is 1. The van der Waals surface area contributed by atoms with Gasteiger partial charge in [-0.25, -0.2) is 0 Å². The second-order valence-corrected chi connectivity index (χ2v) is 11.5. The maximum absolute atomic E-state index is 13.3. The summed E-state index contributed by atoms with van der Waals surface area (Å²) in [4.78, 5) is 27.4. The van der Waals surface area contributed by atoms with Crippen LogP contribution in [-0.2, 0) is 16.0 Å². The number of thioether (sulfide) groups is 1. The maximum Gasteiger partial charge on any atom is 0.230 e. The number of nitrogens with two attached hydrogens (primary N) is 1. The molecule has 0 fully saturated rings. The third-order valence-electron chi connectivity index (χ3n) is 6.86. The Bertz CT molecular complexity index is 1530. The Hall–Kier alpha value is -4.14. The molecule has 1 atom stereocenters. The number of nitriles is 1. The summed E-state index contributed by atoms with van der Waals surface area (Å²) in [6.07, 6.45) is 2.44. The predicted molar refractivity (Wildman–Crippen MR) is 155 cm³/mol. The summed E-state index contributed by atoms with van der Waals surface area (Å²) >= 11 is 2.56. The zero-order valence-corrected chi connectivity index (χ0v) is 23.6. The normalized spacial score (nSPS) is 16.9. The smallest absolute Gasteiger partial charge is 0.230 e. The topological polar surface area (TPSA) is 134 Å². The lowest BCUT2D eigenvalue weighted by molar-refractivity contribution is -0.118. The largest absolute Gasteiger partial charge is 0.496 e. The lowest BCUT2D eigenvalue weighted by atomic mass is 9.75. The molecule has 0 saturated heterocycles. The van der Waals surface area contributed by atoms with Crippen LogP contribution < -0.4 is 20.7 Å². The number of allylic oxidation sites excluding steroid dienone is 3. The third kappa shape index (κ3) is 5.59. The van der Waals surface area contributed by atoms with Gasteiger partial charge in [-0.05, 0) is 30.9 Å². The minimum absolute atomic E-state index is 0.0197. The molecule has 1 aliphatic carbocycles. The van der Waals surface area contributed by atoms with Crippen molar-refractivity contribution >= 4 is 39.9 Å². The zero-order valence-electron chi connectivity index (χ0n) is 21.9. The van der Waals surface area contributed by atoms with Crippen LogP contribution in [0.5, 0.6) is 5.75 Å². The van der Waals surface area contributed by atoms with E-state index in [4.69, 9.17) is 10.5 Å². The van der Waals surface area contributed by atoms with Crippen molar-refractivity contribution < 1.29 is 14.3 Å². The summed E-state index contributed by atoms with van der Waals surface area (Å²) in [6, 6.07) is 19.6. The highest BCUT2D eigenvalue weighted by Crippen LogP contribution is 2.48. The number of para-hydroxylation sites is 1. The molecule has 1 amide bonds. The number of Topliss-reactive ketones (excluding diaryl/α,β-unsaturated/α-hetero) is 1. The first-order chi connectivity index (χ1) is 19.5. The van der Waals surface area contributed by atoms with Crippen LogP contribution in [0.4, 0.5) is 5.13 Å². The monoisotopic (exact) mass is 572 g/mol. The second kappa shape index (κ2) is 12.4. The fourth-order valence-electron chi connectivity index (χ4n) is 5.04. The van der Waals surface area contributed by atoms with Crippen molar-refractivity contribution in [3.63, 3.8) is 0 Å². The van der Waals surface area contributed by atoms with Gasteiger partial charge in [0.05, 0.1) is 30.4 Å². The number of nitrogens with zero attached hydrogens (tertiary/aromatic N) is 4. The molecule has 9 nitrogen and oxygen atoms in total. The van der Waals surface area contributed by atoms with Gasteiger partial charge in [0.1, 0.15) is 11.6 Å². The third-order valence-corrected chi connectivity index (χ3v) is 8.90. The molecule has 5 rings (SSSR count). The standard InChI is InChI=1S/C29H28N6O3S2/c1-38-23-13-6-5-10-19(23)25-20(16-30)27(31)35(21-11-7-12-22(36)26(21)25)28-33-34-29(40-28)39-17-24(37)32-15-14-18-8-3-2-4-9-18/h2-6,8-10,13,25H,7,11-12,14-15,17,31H2,1H3,(H,32,37). The van der Waals surface area contributed by atoms with Gasteiger partial charge in [-0.3, -0.25) is 14.5 Å². The Kier molecular flexibility index (Phi) is 8.48. The maximum atomic E-state index is 13.3. The van der Waals surface area contributed by atoms with Crippen molar-refractivity contribution in [1.82, 2.24) is 15.5 Å². The first kappa shape index (κ1) is 27.4. The first-order valence-corrected chi connectivity index (χ1v) is 14.7. The molecule has 40 heavy (non-hydrogen) atoms. The number of methoxy groups -OCH3 is 1. The average Bonchev–Trinajstić information content (AvgIpc) is 3.44. The average molecular weight is 573 g/mol. The first-order valence-electron chi connectivity index (χ1n) is 12.9. The van der Waals surface area contributed by atoms with E-state index in [-0.39, 0.29) is 28.8 Å². The van der Waals surface area contributed by atoms with Gasteiger partial charge in [-0.2, -0.15) is 5.26 Å². The highest BCUT2D eigenvalue weighted by atomic mass is 32.2. The molecule has 204 valence electrons. The summed E-state index contributed by atoms with van der Waals surface area (Å²) < 4.78 is 6.17. The summed E-state index contributed by atoms with van der Waals surface area (Å²) in [7, 11) is 1.56. The number of carbonyl (C=O) groups is 2. The van der Waals surface area contributed by atoms with Crippen molar-refractivity contribution in [2.45, 2.75) is 35.9 Å². The Morgan fingerprint density at radius 3 is 2.75 bits per heavy atom. The molecule has 11 heteroatoms. The zero-order chi connectivity index (χ0) is 28.1. The molecular formula is C29H28N6O3S2. The van der Waals surface area contributed by atoms with E-state index in [1.807, 2.05) is 54.6 Å². The van der Waals surface area contributed by atoms with Gasteiger partial charge in [-0.15, -0.1) is 10.2 Å².